The van der Waals surface area contributed by atoms with Crippen molar-refractivity contribution in [1.82, 2.24) is 9.88 Å². The second kappa shape index (κ2) is 7.76. The maximum absolute atomic E-state index is 12.8. The van der Waals surface area contributed by atoms with Crippen molar-refractivity contribution >= 4 is 17.4 Å². The van der Waals surface area contributed by atoms with Gasteiger partial charge in [0.1, 0.15) is 5.82 Å². The molecule has 1 N–H and O–H groups in total. The van der Waals surface area contributed by atoms with Gasteiger partial charge >= 0.3 is 6.18 Å². The van der Waals surface area contributed by atoms with Crippen LogP contribution in [-0.2, 0) is 6.18 Å². The number of rotatable bonds is 3. The van der Waals surface area contributed by atoms with Crippen molar-refractivity contribution in [1.29, 1.82) is 0 Å². The summed E-state index contributed by atoms with van der Waals surface area (Å²) in [7, 11) is 0. The number of carbonyl (C=O) groups is 1. The van der Waals surface area contributed by atoms with Crippen LogP contribution in [-0.4, -0.2) is 28.9 Å². The van der Waals surface area contributed by atoms with Gasteiger partial charge in [0.2, 0.25) is 0 Å². The van der Waals surface area contributed by atoms with E-state index in [0.29, 0.717) is 11.4 Å². The quantitative estimate of drug-likeness (QED) is 0.847. The topological polar surface area (TPSA) is 45.2 Å². The minimum Gasteiger partial charge on any atom is -0.340 e. The molecule has 0 atom stereocenters. The number of hydrogen-bond donors (Lipinski definition) is 1. The molecule has 0 saturated carbocycles. The molecule has 0 aliphatic carbocycles. The fourth-order valence-corrected chi connectivity index (χ4v) is 3.01. The zero-order valence-corrected chi connectivity index (χ0v) is 14.2. The number of alkyl halides is 3. The Morgan fingerprint density at radius 3 is 2.46 bits per heavy atom. The zero-order chi connectivity index (χ0) is 18.6. The maximum atomic E-state index is 12.8. The fourth-order valence-electron chi connectivity index (χ4n) is 3.01. The summed E-state index contributed by atoms with van der Waals surface area (Å²) in [5.41, 5.74) is 0.0161. The average molecular weight is 363 g/mol. The third kappa shape index (κ3) is 4.53. The van der Waals surface area contributed by atoms with E-state index < -0.39 is 11.7 Å². The average Bonchev–Trinajstić information content (AvgIpc) is 2.90. The van der Waals surface area contributed by atoms with Gasteiger partial charge < -0.3 is 10.2 Å². The number of hydrogen-bond acceptors (Lipinski definition) is 3. The third-order valence-electron chi connectivity index (χ3n) is 4.36. The van der Waals surface area contributed by atoms with Crippen LogP contribution in [0, 0.1) is 0 Å². The summed E-state index contributed by atoms with van der Waals surface area (Å²) >= 11 is 0. The number of halogens is 3. The van der Waals surface area contributed by atoms with Crippen LogP contribution in [0.15, 0.2) is 42.6 Å². The van der Waals surface area contributed by atoms with Gasteiger partial charge in [-0.15, -0.1) is 0 Å². The highest BCUT2D eigenvalue weighted by Gasteiger charge is 2.30. The Labute approximate surface area is 150 Å². The van der Waals surface area contributed by atoms with Crippen LogP contribution < -0.4 is 5.32 Å². The summed E-state index contributed by atoms with van der Waals surface area (Å²) < 4.78 is 38.5. The molecule has 0 unspecified atom stereocenters. The zero-order valence-electron chi connectivity index (χ0n) is 14.2. The first-order chi connectivity index (χ1) is 12.4. The monoisotopic (exact) mass is 363 g/mol. The van der Waals surface area contributed by atoms with Crippen molar-refractivity contribution in [3.63, 3.8) is 0 Å². The first-order valence-electron chi connectivity index (χ1n) is 8.63. The molecule has 0 bridgehead atoms. The van der Waals surface area contributed by atoms with Crippen LogP contribution in [0.4, 0.5) is 24.7 Å². The summed E-state index contributed by atoms with van der Waals surface area (Å²) in [5, 5.41) is 2.85. The Balaban J connectivity index is 1.76. The van der Waals surface area contributed by atoms with E-state index in [0.717, 1.165) is 50.9 Å². The standard InChI is InChI=1S/C19H20F3N3O/c20-19(21,22)15-6-5-7-16(13-15)24-17-12-14(8-9-23-17)18(26)25-10-3-1-2-4-11-25/h5-9,12-13H,1-4,10-11H2,(H,23,24). The van der Waals surface area contributed by atoms with Gasteiger partial charge in [-0.2, -0.15) is 13.2 Å². The molecule has 0 radical (unpaired) electrons. The van der Waals surface area contributed by atoms with Crippen molar-refractivity contribution in [3.05, 3.63) is 53.7 Å². The second-order valence-electron chi connectivity index (χ2n) is 6.34. The van der Waals surface area contributed by atoms with E-state index in [1.54, 1.807) is 12.1 Å². The van der Waals surface area contributed by atoms with Gasteiger partial charge in [0.25, 0.3) is 5.91 Å². The highest BCUT2D eigenvalue weighted by atomic mass is 19.4. The molecule has 1 fully saturated rings. The third-order valence-corrected chi connectivity index (χ3v) is 4.36. The molecule has 1 aliphatic heterocycles. The van der Waals surface area contributed by atoms with E-state index in [2.05, 4.69) is 10.3 Å². The van der Waals surface area contributed by atoms with Crippen molar-refractivity contribution in [3.8, 4) is 0 Å². The minimum absolute atomic E-state index is 0.0682. The predicted molar refractivity (Wildman–Crippen MR) is 93.3 cm³/mol. The van der Waals surface area contributed by atoms with Crippen LogP contribution in [0.25, 0.3) is 0 Å². The summed E-state index contributed by atoms with van der Waals surface area (Å²) in [6.07, 6.45) is 1.32. The molecular weight excluding hydrogens is 343 g/mol. The molecule has 4 nitrogen and oxygen atoms in total. The second-order valence-corrected chi connectivity index (χ2v) is 6.34. The van der Waals surface area contributed by atoms with Crippen molar-refractivity contribution in [2.75, 3.05) is 18.4 Å². The van der Waals surface area contributed by atoms with Crippen LogP contribution in [0.5, 0.6) is 0 Å². The highest BCUT2D eigenvalue weighted by Crippen LogP contribution is 2.31. The number of pyridine rings is 1. The van der Waals surface area contributed by atoms with E-state index in [-0.39, 0.29) is 11.6 Å². The largest absolute Gasteiger partial charge is 0.416 e. The van der Waals surface area contributed by atoms with E-state index in [1.165, 1.54) is 18.3 Å². The number of anilines is 2. The van der Waals surface area contributed by atoms with Gasteiger partial charge in [-0.05, 0) is 43.2 Å². The minimum atomic E-state index is -4.41. The Morgan fingerprint density at radius 2 is 1.77 bits per heavy atom. The molecule has 1 amide bonds. The number of nitrogens with zero attached hydrogens (tertiary/aromatic N) is 2. The molecule has 2 aromatic rings. The fraction of sp³-hybridized carbons (Fsp3) is 0.368. The number of likely N-dealkylation sites (tertiary alicyclic amines) is 1. The number of amides is 1. The van der Waals surface area contributed by atoms with Crippen LogP contribution in [0.2, 0.25) is 0 Å². The molecule has 3 rings (SSSR count). The van der Waals surface area contributed by atoms with Crippen LogP contribution in [0.3, 0.4) is 0 Å². The Bertz CT molecular complexity index is 769. The number of nitrogens with one attached hydrogen (secondary N) is 1. The molecule has 1 aliphatic rings. The van der Waals surface area contributed by atoms with Gasteiger partial charge in [-0.1, -0.05) is 18.9 Å². The maximum Gasteiger partial charge on any atom is 0.416 e. The Kier molecular flexibility index (Phi) is 5.44. The molecular formula is C19H20F3N3O. The van der Waals surface area contributed by atoms with Crippen LogP contribution in [0.1, 0.15) is 41.6 Å². The summed E-state index contributed by atoms with van der Waals surface area (Å²) in [6, 6.07) is 8.10. The van der Waals surface area contributed by atoms with E-state index in [4.69, 9.17) is 0 Å². The number of benzene rings is 1. The Morgan fingerprint density at radius 1 is 1.04 bits per heavy atom. The van der Waals surface area contributed by atoms with Gasteiger partial charge in [-0.25, -0.2) is 4.98 Å². The lowest BCUT2D eigenvalue weighted by molar-refractivity contribution is -0.137. The van der Waals surface area contributed by atoms with Crippen molar-refractivity contribution in [2.24, 2.45) is 0 Å². The predicted octanol–water partition coefficient (Wildman–Crippen LogP) is 4.86. The van der Waals surface area contributed by atoms with Gasteiger partial charge in [0.05, 0.1) is 5.56 Å². The lowest BCUT2D eigenvalue weighted by atomic mass is 10.2. The molecule has 1 saturated heterocycles. The number of carbonyl (C=O) groups excluding carboxylic acids is 1. The normalized spacial score (nSPS) is 15.4. The lowest BCUT2D eigenvalue weighted by Gasteiger charge is -2.20. The van der Waals surface area contributed by atoms with E-state index >= 15 is 0 Å². The molecule has 1 aromatic carbocycles. The molecule has 2 heterocycles. The van der Waals surface area contributed by atoms with Crippen molar-refractivity contribution in [2.45, 2.75) is 31.9 Å². The molecule has 1 aromatic heterocycles. The lowest BCUT2D eigenvalue weighted by Crippen LogP contribution is -2.31. The first kappa shape index (κ1) is 18.2. The van der Waals surface area contributed by atoms with E-state index in [1.807, 2.05) is 4.90 Å². The summed E-state index contributed by atoms with van der Waals surface area (Å²) in [5.74, 6) is 0.270. The molecule has 0 spiro atoms. The summed E-state index contributed by atoms with van der Waals surface area (Å²) in [6.45, 7) is 1.47. The van der Waals surface area contributed by atoms with E-state index in [9.17, 15) is 18.0 Å². The van der Waals surface area contributed by atoms with Gasteiger partial charge in [0, 0.05) is 30.5 Å². The number of aromatic nitrogens is 1. The molecule has 26 heavy (non-hydrogen) atoms. The smallest absolute Gasteiger partial charge is 0.340 e. The van der Waals surface area contributed by atoms with Gasteiger partial charge in [-0.3, -0.25) is 4.79 Å². The molecule has 7 heteroatoms. The first-order valence-corrected chi connectivity index (χ1v) is 8.63. The van der Waals surface area contributed by atoms with Crippen molar-refractivity contribution < 1.29 is 18.0 Å². The van der Waals surface area contributed by atoms with Crippen LogP contribution >= 0.6 is 0 Å². The Hall–Kier alpha value is -2.57. The molecule has 138 valence electrons. The van der Waals surface area contributed by atoms with Gasteiger partial charge in [0.15, 0.2) is 0 Å². The SMILES string of the molecule is O=C(c1ccnc(Nc2cccc(C(F)(F)F)c2)c1)N1CCCCCC1. The summed E-state index contributed by atoms with van der Waals surface area (Å²) in [4.78, 5) is 18.6. The highest BCUT2D eigenvalue weighted by molar-refractivity contribution is 5.95.